The molecular weight excluding hydrogens is 366 g/mol. The third kappa shape index (κ3) is 5.30. The van der Waals surface area contributed by atoms with Gasteiger partial charge >= 0.3 is 0 Å². The molecule has 1 unspecified atom stereocenters. The molecule has 0 bridgehead atoms. The van der Waals surface area contributed by atoms with Gasteiger partial charge in [0, 0.05) is 45.5 Å². The van der Waals surface area contributed by atoms with Gasteiger partial charge in [-0.05, 0) is 38.8 Å². The van der Waals surface area contributed by atoms with Crippen LogP contribution in [0.2, 0.25) is 0 Å². The smallest absolute Gasteiger partial charge is 0.274 e. The molecule has 2 aliphatic heterocycles. The van der Waals surface area contributed by atoms with Gasteiger partial charge in [0.25, 0.3) is 5.91 Å². The molecule has 8 nitrogen and oxygen atoms in total. The van der Waals surface area contributed by atoms with Crippen LogP contribution in [0, 0.1) is 0 Å². The van der Waals surface area contributed by atoms with E-state index in [1.807, 2.05) is 7.05 Å². The van der Waals surface area contributed by atoms with Crippen molar-refractivity contribution in [1.82, 2.24) is 23.7 Å². The van der Waals surface area contributed by atoms with Crippen molar-refractivity contribution in [2.24, 2.45) is 7.05 Å². The largest absolute Gasteiger partial charge is 0.340 e. The minimum atomic E-state index is -3.33. The van der Waals surface area contributed by atoms with E-state index < -0.39 is 10.0 Å². The van der Waals surface area contributed by atoms with Crippen LogP contribution >= 0.6 is 0 Å². The average molecular weight is 398 g/mol. The minimum Gasteiger partial charge on any atom is -0.340 e. The van der Waals surface area contributed by atoms with E-state index in [1.54, 1.807) is 26.3 Å². The highest BCUT2D eigenvalue weighted by Crippen LogP contribution is 2.20. The minimum absolute atomic E-state index is 0.121. The molecule has 9 heteroatoms. The van der Waals surface area contributed by atoms with Crippen LogP contribution in [0.4, 0.5) is 0 Å². The number of carbonyl (C=O) groups excluding carboxylic acids is 1. The molecule has 27 heavy (non-hydrogen) atoms. The standard InChI is InChI=1S/C18H31N5O3S/c1-20-14-17(19-15-20)18(24)22-10-6-7-16(13-22)23(27(2,25)26)12-11-21-8-4-3-5-9-21/h14-16H,3-13H2,1-2H3. The Labute approximate surface area is 162 Å². The molecule has 0 aromatic carbocycles. The van der Waals surface area contributed by atoms with Gasteiger partial charge in [-0.3, -0.25) is 4.79 Å². The first-order valence-corrected chi connectivity index (χ1v) is 11.7. The summed E-state index contributed by atoms with van der Waals surface area (Å²) >= 11 is 0. The van der Waals surface area contributed by atoms with Crippen LogP contribution in [0.1, 0.15) is 42.6 Å². The van der Waals surface area contributed by atoms with Crippen molar-refractivity contribution < 1.29 is 13.2 Å². The highest BCUT2D eigenvalue weighted by Gasteiger charge is 2.33. The number of likely N-dealkylation sites (tertiary alicyclic amines) is 2. The lowest BCUT2D eigenvalue weighted by Crippen LogP contribution is -2.53. The van der Waals surface area contributed by atoms with Crippen molar-refractivity contribution in [3.05, 3.63) is 18.2 Å². The molecule has 1 aromatic heterocycles. The zero-order valence-electron chi connectivity index (χ0n) is 16.4. The van der Waals surface area contributed by atoms with E-state index in [-0.39, 0.29) is 11.9 Å². The number of amides is 1. The maximum Gasteiger partial charge on any atom is 0.274 e. The Morgan fingerprint density at radius 1 is 1.22 bits per heavy atom. The van der Waals surface area contributed by atoms with E-state index in [2.05, 4.69) is 9.88 Å². The van der Waals surface area contributed by atoms with Gasteiger partial charge in [-0.1, -0.05) is 6.42 Å². The van der Waals surface area contributed by atoms with Crippen LogP contribution in [0.25, 0.3) is 0 Å². The number of nitrogens with zero attached hydrogens (tertiary/aromatic N) is 5. The van der Waals surface area contributed by atoms with Crippen LogP contribution in [-0.4, -0.2) is 89.5 Å². The number of aryl methyl sites for hydroxylation is 1. The van der Waals surface area contributed by atoms with Crippen LogP contribution in [0.15, 0.2) is 12.5 Å². The number of sulfonamides is 1. The number of piperidine rings is 2. The van der Waals surface area contributed by atoms with Gasteiger partial charge in [0.15, 0.2) is 0 Å². The molecule has 0 spiro atoms. The first-order valence-electron chi connectivity index (χ1n) is 9.81. The summed E-state index contributed by atoms with van der Waals surface area (Å²) in [5, 5.41) is 0. The summed E-state index contributed by atoms with van der Waals surface area (Å²) < 4.78 is 28.2. The Morgan fingerprint density at radius 3 is 2.59 bits per heavy atom. The summed E-state index contributed by atoms with van der Waals surface area (Å²) in [5.74, 6) is -0.121. The zero-order valence-corrected chi connectivity index (χ0v) is 17.2. The first-order chi connectivity index (χ1) is 12.8. The first kappa shape index (κ1) is 20.3. The van der Waals surface area contributed by atoms with Gasteiger partial charge in [0.2, 0.25) is 10.0 Å². The van der Waals surface area contributed by atoms with Gasteiger partial charge < -0.3 is 14.4 Å². The fraction of sp³-hybridized carbons (Fsp3) is 0.778. The summed E-state index contributed by atoms with van der Waals surface area (Å²) in [6.07, 6.45) is 9.83. The van der Waals surface area contributed by atoms with Crippen molar-refractivity contribution in [2.45, 2.75) is 38.1 Å². The number of imidazole rings is 1. The topological polar surface area (TPSA) is 78.8 Å². The van der Waals surface area contributed by atoms with E-state index in [4.69, 9.17) is 0 Å². The average Bonchev–Trinajstić information content (AvgIpc) is 3.08. The van der Waals surface area contributed by atoms with Crippen molar-refractivity contribution >= 4 is 15.9 Å². The second-order valence-corrected chi connectivity index (χ2v) is 9.68. The van der Waals surface area contributed by atoms with Gasteiger partial charge in [-0.25, -0.2) is 13.4 Å². The lowest BCUT2D eigenvalue weighted by atomic mass is 10.1. The summed E-state index contributed by atoms with van der Waals surface area (Å²) in [6, 6.07) is -0.161. The normalized spacial score (nSPS) is 22.3. The number of hydrogen-bond acceptors (Lipinski definition) is 5. The molecule has 1 amide bonds. The molecule has 2 fully saturated rings. The van der Waals surface area contributed by atoms with E-state index in [0.29, 0.717) is 25.3 Å². The Hall–Kier alpha value is -1.45. The molecule has 0 radical (unpaired) electrons. The molecule has 2 aliphatic rings. The molecule has 0 N–H and O–H groups in total. The SMILES string of the molecule is Cn1cnc(C(=O)N2CCCC(N(CCN3CCCCC3)S(C)(=O)=O)C2)c1. The lowest BCUT2D eigenvalue weighted by Gasteiger charge is -2.39. The predicted molar refractivity (Wildman–Crippen MR) is 104 cm³/mol. The molecule has 1 atom stereocenters. The zero-order chi connectivity index (χ0) is 19.4. The summed E-state index contributed by atoms with van der Waals surface area (Å²) in [6.45, 7) is 4.43. The molecule has 1 aromatic rings. The molecular formula is C18H31N5O3S. The summed E-state index contributed by atoms with van der Waals surface area (Å²) in [5.41, 5.74) is 0.414. The van der Waals surface area contributed by atoms with Crippen molar-refractivity contribution in [2.75, 3.05) is 45.5 Å². The van der Waals surface area contributed by atoms with Crippen LogP contribution in [0.3, 0.4) is 0 Å². The third-order valence-corrected chi connectivity index (χ3v) is 6.86. The second kappa shape index (κ2) is 8.70. The van der Waals surface area contributed by atoms with E-state index >= 15 is 0 Å². The quantitative estimate of drug-likeness (QED) is 0.709. The highest BCUT2D eigenvalue weighted by molar-refractivity contribution is 7.88. The molecule has 3 heterocycles. The Kier molecular flexibility index (Phi) is 6.54. The van der Waals surface area contributed by atoms with Crippen molar-refractivity contribution in [1.29, 1.82) is 0 Å². The van der Waals surface area contributed by atoms with Crippen LogP contribution in [0.5, 0.6) is 0 Å². The maximum absolute atomic E-state index is 12.7. The number of hydrogen-bond donors (Lipinski definition) is 0. The van der Waals surface area contributed by atoms with E-state index in [0.717, 1.165) is 32.5 Å². The van der Waals surface area contributed by atoms with Crippen LogP contribution in [-0.2, 0) is 17.1 Å². The van der Waals surface area contributed by atoms with Crippen LogP contribution < -0.4 is 0 Å². The fourth-order valence-corrected chi connectivity index (χ4v) is 5.23. The molecule has 0 saturated carbocycles. The Balaban J connectivity index is 1.65. The van der Waals surface area contributed by atoms with Gasteiger partial charge in [-0.15, -0.1) is 0 Å². The highest BCUT2D eigenvalue weighted by atomic mass is 32.2. The molecule has 0 aliphatic carbocycles. The number of aromatic nitrogens is 2. The summed E-state index contributed by atoms with van der Waals surface area (Å²) in [4.78, 5) is 20.9. The van der Waals surface area contributed by atoms with E-state index in [1.165, 1.54) is 25.5 Å². The Bertz CT molecular complexity index is 742. The summed E-state index contributed by atoms with van der Waals surface area (Å²) in [7, 11) is -1.50. The van der Waals surface area contributed by atoms with Crippen molar-refractivity contribution in [3.63, 3.8) is 0 Å². The van der Waals surface area contributed by atoms with Crippen molar-refractivity contribution in [3.8, 4) is 0 Å². The lowest BCUT2D eigenvalue weighted by molar-refractivity contribution is 0.0641. The number of rotatable bonds is 6. The second-order valence-electron chi connectivity index (χ2n) is 7.75. The van der Waals surface area contributed by atoms with Gasteiger partial charge in [0.05, 0.1) is 12.6 Å². The number of carbonyl (C=O) groups is 1. The maximum atomic E-state index is 12.7. The van der Waals surface area contributed by atoms with Gasteiger partial charge in [-0.2, -0.15) is 4.31 Å². The predicted octanol–water partition coefficient (Wildman–Crippen LogP) is 0.772. The Morgan fingerprint density at radius 2 is 1.96 bits per heavy atom. The monoisotopic (exact) mass is 397 g/mol. The van der Waals surface area contributed by atoms with Gasteiger partial charge in [0.1, 0.15) is 5.69 Å². The molecule has 152 valence electrons. The molecule has 2 saturated heterocycles. The fourth-order valence-electron chi connectivity index (χ4n) is 4.10. The van der Waals surface area contributed by atoms with E-state index in [9.17, 15) is 13.2 Å². The third-order valence-electron chi connectivity index (χ3n) is 5.53. The molecule has 3 rings (SSSR count).